The largest absolute Gasteiger partial charge is 0.481 e. The van der Waals surface area contributed by atoms with Gasteiger partial charge in [0.15, 0.2) is 0 Å². The molecule has 1 aromatic heterocycles. The zero-order valence-electron chi connectivity index (χ0n) is 19.5. The normalized spacial score (nSPS) is 13.9. The van der Waals surface area contributed by atoms with Gasteiger partial charge in [-0.05, 0) is 42.2 Å². The lowest BCUT2D eigenvalue weighted by Gasteiger charge is -2.18. The van der Waals surface area contributed by atoms with Crippen molar-refractivity contribution in [3.8, 4) is 11.3 Å². The van der Waals surface area contributed by atoms with Crippen molar-refractivity contribution in [1.82, 2.24) is 9.97 Å². The zero-order chi connectivity index (χ0) is 25.6. The predicted octanol–water partition coefficient (Wildman–Crippen LogP) is 2.49. The Balaban J connectivity index is 2.39. The van der Waals surface area contributed by atoms with E-state index in [2.05, 4.69) is 9.97 Å². The van der Waals surface area contributed by atoms with Gasteiger partial charge in [0.1, 0.15) is 5.82 Å². The van der Waals surface area contributed by atoms with E-state index in [0.29, 0.717) is 22.5 Å². The number of carboxylic acid groups (broad SMARTS) is 1. The summed E-state index contributed by atoms with van der Waals surface area (Å²) in [4.78, 5) is 19.4. The first-order valence-electron chi connectivity index (χ1n) is 10.6. The Morgan fingerprint density at radius 3 is 2.47 bits per heavy atom. The van der Waals surface area contributed by atoms with Gasteiger partial charge in [-0.2, -0.15) is 0 Å². The van der Waals surface area contributed by atoms with Gasteiger partial charge < -0.3 is 15.3 Å². The Morgan fingerprint density at radius 2 is 1.88 bits per heavy atom. The molecule has 0 saturated heterocycles. The number of nitrogens with zero attached hydrogens (tertiary/aromatic N) is 3. The summed E-state index contributed by atoms with van der Waals surface area (Å²) in [6.07, 6.45) is 1.35. The van der Waals surface area contributed by atoms with E-state index in [9.17, 15) is 27.8 Å². The zero-order valence-corrected chi connectivity index (χ0v) is 20.3. The van der Waals surface area contributed by atoms with Gasteiger partial charge in [0.2, 0.25) is 16.0 Å². The van der Waals surface area contributed by atoms with E-state index in [1.165, 1.54) is 25.3 Å². The number of aliphatic hydroxyl groups excluding tert-OH is 2. The number of hydrogen-bond donors (Lipinski definition) is 3. The molecular weight excluding hydrogens is 465 g/mol. The van der Waals surface area contributed by atoms with E-state index < -0.39 is 40.4 Å². The molecule has 2 atom stereocenters. The van der Waals surface area contributed by atoms with Crippen molar-refractivity contribution >= 4 is 21.9 Å². The van der Waals surface area contributed by atoms with Gasteiger partial charge in [-0.1, -0.05) is 26.0 Å². The molecule has 0 saturated carbocycles. The van der Waals surface area contributed by atoms with Crippen LogP contribution in [0.5, 0.6) is 0 Å². The summed E-state index contributed by atoms with van der Waals surface area (Å²) in [6.45, 7) is 3.82. The van der Waals surface area contributed by atoms with Crippen LogP contribution in [0.3, 0.4) is 0 Å². The van der Waals surface area contributed by atoms with Gasteiger partial charge in [-0.3, -0.25) is 4.79 Å². The van der Waals surface area contributed by atoms with Crippen LogP contribution in [0.4, 0.5) is 10.3 Å². The number of aromatic nitrogens is 2. The molecule has 0 radical (unpaired) electrons. The Bertz CT molecular complexity index is 1150. The van der Waals surface area contributed by atoms with Crippen LogP contribution in [0.15, 0.2) is 36.4 Å². The molecule has 0 aliphatic heterocycles. The van der Waals surface area contributed by atoms with Crippen LogP contribution in [0.2, 0.25) is 0 Å². The van der Waals surface area contributed by atoms with Crippen LogP contribution >= 0.6 is 0 Å². The molecule has 0 bridgehead atoms. The Kier molecular flexibility index (Phi) is 9.25. The first-order valence-corrected chi connectivity index (χ1v) is 12.5. The number of benzene rings is 1. The number of aliphatic hydroxyl groups is 2. The minimum Gasteiger partial charge on any atom is -0.481 e. The summed E-state index contributed by atoms with van der Waals surface area (Å²) in [5.74, 6) is -1.67. The van der Waals surface area contributed by atoms with Crippen LogP contribution in [-0.2, 0) is 21.2 Å². The number of allylic oxidation sites excluding steroid dienone is 1. The average molecular weight is 496 g/mol. The molecule has 0 unspecified atom stereocenters. The number of carbonyl (C=O) groups is 1. The van der Waals surface area contributed by atoms with E-state index in [0.717, 1.165) is 10.6 Å². The summed E-state index contributed by atoms with van der Waals surface area (Å²) in [6, 6.07) is 5.86. The van der Waals surface area contributed by atoms with Crippen molar-refractivity contribution in [2.75, 3.05) is 17.6 Å². The van der Waals surface area contributed by atoms with E-state index in [-0.39, 0.29) is 24.7 Å². The molecule has 2 aromatic rings. The number of sulfonamides is 1. The molecular formula is C23H30FN3O6S. The van der Waals surface area contributed by atoms with Crippen molar-refractivity contribution in [2.45, 2.75) is 51.2 Å². The highest BCUT2D eigenvalue weighted by Crippen LogP contribution is 2.28. The molecule has 1 aromatic carbocycles. The standard InChI is InChI=1S/C23H30FN3O6S/c1-14(2)20-13-21(26-23(25-20)27(3)34(4,32)33)19-9-8-16(24)10-15(19)6-5-7-17(28)11-18(29)12-22(30)31/h5,7-10,13-14,17-18,28-29H,6,11-12H2,1-4H3,(H,30,31)/t17-,18-/m1/s1. The molecule has 1 heterocycles. The quantitative estimate of drug-likeness (QED) is 0.404. The molecule has 2 rings (SSSR count). The van der Waals surface area contributed by atoms with Crippen LogP contribution in [0.25, 0.3) is 11.3 Å². The van der Waals surface area contributed by atoms with Crippen molar-refractivity contribution in [1.29, 1.82) is 0 Å². The fraction of sp³-hybridized carbons (Fsp3) is 0.435. The fourth-order valence-electron chi connectivity index (χ4n) is 3.15. The fourth-order valence-corrected chi connectivity index (χ4v) is 3.53. The molecule has 0 amide bonds. The van der Waals surface area contributed by atoms with Gasteiger partial charge in [0, 0.05) is 24.7 Å². The van der Waals surface area contributed by atoms with Crippen LogP contribution < -0.4 is 4.31 Å². The first-order chi connectivity index (χ1) is 15.8. The smallest absolute Gasteiger partial charge is 0.305 e. The van der Waals surface area contributed by atoms with Crippen LogP contribution in [0, 0.1) is 5.82 Å². The molecule has 186 valence electrons. The third-order valence-corrected chi connectivity index (χ3v) is 6.23. The Labute approximate surface area is 198 Å². The second kappa shape index (κ2) is 11.5. The minimum atomic E-state index is -3.60. The highest BCUT2D eigenvalue weighted by atomic mass is 32.2. The van der Waals surface area contributed by atoms with Crippen LogP contribution in [-0.4, -0.2) is 65.2 Å². The molecule has 34 heavy (non-hydrogen) atoms. The summed E-state index contributed by atoms with van der Waals surface area (Å²) in [5, 5.41) is 28.4. The lowest BCUT2D eigenvalue weighted by Crippen LogP contribution is -2.27. The third-order valence-electron chi connectivity index (χ3n) is 5.07. The number of anilines is 1. The number of halogens is 1. The molecule has 0 aliphatic rings. The summed E-state index contributed by atoms with van der Waals surface area (Å²) >= 11 is 0. The molecule has 11 heteroatoms. The molecule has 9 nitrogen and oxygen atoms in total. The van der Waals surface area contributed by atoms with E-state index >= 15 is 0 Å². The van der Waals surface area contributed by atoms with Crippen molar-refractivity contribution in [3.63, 3.8) is 0 Å². The summed E-state index contributed by atoms with van der Waals surface area (Å²) in [5.41, 5.74) is 2.14. The van der Waals surface area contributed by atoms with E-state index in [1.807, 2.05) is 13.8 Å². The maximum atomic E-state index is 14.0. The predicted molar refractivity (Wildman–Crippen MR) is 126 cm³/mol. The van der Waals surface area contributed by atoms with E-state index in [1.54, 1.807) is 18.2 Å². The van der Waals surface area contributed by atoms with Crippen molar-refractivity contribution < 1.29 is 32.9 Å². The molecule has 0 spiro atoms. The van der Waals surface area contributed by atoms with Gasteiger partial charge >= 0.3 is 5.97 Å². The first kappa shape index (κ1) is 27.4. The van der Waals surface area contributed by atoms with Gasteiger partial charge in [0.05, 0.1) is 30.6 Å². The topological polar surface area (TPSA) is 141 Å². The Hall–Kier alpha value is -2.89. The maximum absolute atomic E-state index is 14.0. The van der Waals surface area contributed by atoms with Crippen LogP contribution in [0.1, 0.15) is 43.9 Å². The minimum absolute atomic E-state index is 0.00245. The number of carboxylic acids is 1. The lowest BCUT2D eigenvalue weighted by atomic mass is 9.99. The maximum Gasteiger partial charge on any atom is 0.305 e. The second-order valence-electron chi connectivity index (χ2n) is 8.35. The monoisotopic (exact) mass is 495 g/mol. The Morgan fingerprint density at radius 1 is 1.21 bits per heavy atom. The SMILES string of the molecule is CC(C)c1cc(-c2ccc(F)cc2CC=C[C@@H](O)C[C@@H](O)CC(=O)O)nc(N(C)S(C)(=O)=O)n1. The highest BCUT2D eigenvalue weighted by Gasteiger charge is 2.19. The lowest BCUT2D eigenvalue weighted by molar-refractivity contribution is -0.139. The van der Waals surface area contributed by atoms with Gasteiger partial charge in [-0.25, -0.2) is 27.1 Å². The highest BCUT2D eigenvalue weighted by molar-refractivity contribution is 7.92. The summed E-state index contributed by atoms with van der Waals surface area (Å²) < 4.78 is 39.1. The second-order valence-corrected chi connectivity index (χ2v) is 10.4. The van der Waals surface area contributed by atoms with Gasteiger partial charge in [-0.15, -0.1) is 0 Å². The van der Waals surface area contributed by atoms with Gasteiger partial charge in [0.25, 0.3) is 0 Å². The number of aliphatic carboxylic acids is 1. The number of hydrogen-bond acceptors (Lipinski definition) is 7. The van der Waals surface area contributed by atoms with E-state index in [4.69, 9.17) is 5.11 Å². The molecule has 0 fully saturated rings. The number of rotatable bonds is 11. The molecule has 3 N–H and O–H groups in total. The average Bonchev–Trinajstić information content (AvgIpc) is 2.71. The molecule has 0 aliphatic carbocycles. The van der Waals surface area contributed by atoms with Crippen molar-refractivity contribution in [2.24, 2.45) is 0 Å². The summed E-state index contributed by atoms with van der Waals surface area (Å²) in [7, 11) is -2.25. The van der Waals surface area contributed by atoms with Crippen molar-refractivity contribution in [3.05, 3.63) is 53.5 Å². The third kappa shape index (κ3) is 7.86.